The second kappa shape index (κ2) is 17.3. The summed E-state index contributed by atoms with van der Waals surface area (Å²) in [5.74, 6) is 0.765. The van der Waals surface area contributed by atoms with Crippen molar-refractivity contribution in [3.63, 3.8) is 0 Å². The van der Waals surface area contributed by atoms with E-state index in [1.54, 1.807) is 20.3 Å². The third kappa shape index (κ3) is 8.76. The van der Waals surface area contributed by atoms with Crippen LogP contribution in [0.1, 0.15) is 28.7 Å². The van der Waals surface area contributed by atoms with Gasteiger partial charge in [0.05, 0.1) is 26.9 Å². The standard InChI is InChI=1S/C38H42O6/c1-4-14-31(26-42-29-40-2)25-37(43-27-30-21-23-35(41-3)24-22-30)36(39)28-44-38(32-15-8-5-9-16-32,33-17-10-6-11-18-33)34-19-12-7-13-20-34/h4-13,15-25,36-37,39H,1,14,26-29H2,2-3H3/b31-25+/t36-,37-/m0/s1. The molecule has 0 aromatic heterocycles. The summed E-state index contributed by atoms with van der Waals surface area (Å²) in [5, 5.41) is 11.8. The van der Waals surface area contributed by atoms with Crippen molar-refractivity contribution in [2.24, 2.45) is 0 Å². The molecule has 4 aromatic carbocycles. The van der Waals surface area contributed by atoms with Gasteiger partial charge in [0.25, 0.3) is 0 Å². The Morgan fingerprint density at radius 3 is 1.82 bits per heavy atom. The fourth-order valence-electron chi connectivity index (χ4n) is 5.11. The summed E-state index contributed by atoms with van der Waals surface area (Å²) in [7, 11) is 3.22. The van der Waals surface area contributed by atoms with Gasteiger partial charge in [0.15, 0.2) is 0 Å². The Balaban J connectivity index is 1.68. The Kier molecular flexibility index (Phi) is 12.9. The minimum atomic E-state index is -1.01. The van der Waals surface area contributed by atoms with Crippen LogP contribution in [0.25, 0.3) is 0 Å². The number of aliphatic hydroxyl groups excluding tert-OH is 1. The van der Waals surface area contributed by atoms with Crippen molar-refractivity contribution < 1.29 is 28.8 Å². The van der Waals surface area contributed by atoms with Gasteiger partial charge in [-0.25, -0.2) is 0 Å². The van der Waals surface area contributed by atoms with E-state index < -0.39 is 17.8 Å². The molecular formula is C38H42O6. The van der Waals surface area contributed by atoms with Crippen LogP contribution < -0.4 is 4.74 Å². The smallest absolute Gasteiger partial charge is 0.146 e. The third-order valence-electron chi connectivity index (χ3n) is 7.29. The van der Waals surface area contributed by atoms with E-state index in [2.05, 4.69) is 43.0 Å². The number of methoxy groups -OCH3 is 2. The first-order valence-corrected chi connectivity index (χ1v) is 14.7. The van der Waals surface area contributed by atoms with Gasteiger partial charge in [0.2, 0.25) is 0 Å². The molecule has 0 aliphatic rings. The molecule has 0 radical (unpaired) electrons. The first-order chi connectivity index (χ1) is 21.6. The van der Waals surface area contributed by atoms with Crippen LogP contribution in [-0.4, -0.2) is 51.5 Å². The second-order valence-corrected chi connectivity index (χ2v) is 10.4. The van der Waals surface area contributed by atoms with Crippen LogP contribution in [0.3, 0.4) is 0 Å². The SMILES string of the molecule is C=CC/C(=C\[C@H](OCc1ccc(OC)cc1)[C@@H](O)COC(c1ccccc1)(c1ccccc1)c1ccccc1)COCOC. The maximum Gasteiger partial charge on any atom is 0.146 e. The van der Waals surface area contributed by atoms with Gasteiger partial charge in [0.1, 0.15) is 30.4 Å². The maximum absolute atomic E-state index is 11.8. The van der Waals surface area contributed by atoms with Crippen LogP contribution in [0, 0.1) is 0 Å². The zero-order valence-corrected chi connectivity index (χ0v) is 25.5. The van der Waals surface area contributed by atoms with E-state index in [0.717, 1.165) is 33.6 Å². The lowest BCUT2D eigenvalue weighted by atomic mass is 9.80. The molecule has 0 aliphatic heterocycles. The average Bonchev–Trinajstić information content (AvgIpc) is 3.08. The highest BCUT2D eigenvalue weighted by atomic mass is 16.7. The first-order valence-electron chi connectivity index (χ1n) is 14.7. The van der Waals surface area contributed by atoms with Crippen molar-refractivity contribution in [2.75, 3.05) is 34.2 Å². The molecule has 0 heterocycles. The van der Waals surface area contributed by atoms with Crippen LogP contribution in [0.15, 0.2) is 140 Å². The van der Waals surface area contributed by atoms with Gasteiger partial charge in [-0.3, -0.25) is 0 Å². The van der Waals surface area contributed by atoms with Crippen molar-refractivity contribution in [3.05, 3.63) is 162 Å². The van der Waals surface area contributed by atoms with Crippen molar-refractivity contribution >= 4 is 0 Å². The monoisotopic (exact) mass is 594 g/mol. The second-order valence-electron chi connectivity index (χ2n) is 10.4. The quantitative estimate of drug-likeness (QED) is 0.0575. The van der Waals surface area contributed by atoms with Crippen LogP contribution in [-0.2, 0) is 31.2 Å². The van der Waals surface area contributed by atoms with Gasteiger partial charge >= 0.3 is 0 Å². The Hall–Kier alpha value is -4.04. The lowest BCUT2D eigenvalue weighted by molar-refractivity contribution is -0.0885. The van der Waals surface area contributed by atoms with E-state index in [1.165, 1.54) is 0 Å². The summed E-state index contributed by atoms with van der Waals surface area (Å²) in [6.45, 7) is 4.64. The van der Waals surface area contributed by atoms with Gasteiger partial charge in [-0.2, -0.15) is 0 Å². The average molecular weight is 595 g/mol. The molecule has 6 heteroatoms. The molecule has 230 valence electrons. The Morgan fingerprint density at radius 2 is 1.34 bits per heavy atom. The topological polar surface area (TPSA) is 66.4 Å². The lowest BCUT2D eigenvalue weighted by Gasteiger charge is -2.37. The van der Waals surface area contributed by atoms with Crippen molar-refractivity contribution in [1.82, 2.24) is 0 Å². The number of hydrogen-bond donors (Lipinski definition) is 1. The number of aliphatic hydroxyl groups is 1. The van der Waals surface area contributed by atoms with E-state index in [-0.39, 0.29) is 20.0 Å². The first kappa shape index (κ1) is 32.9. The highest BCUT2D eigenvalue weighted by Crippen LogP contribution is 2.40. The molecule has 2 atom stereocenters. The van der Waals surface area contributed by atoms with Gasteiger partial charge in [-0.1, -0.05) is 115 Å². The summed E-state index contributed by atoms with van der Waals surface area (Å²) in [4.78, 5) is 0. The molecule has 4 aromatic rings. The zero-order valence-electron chi connectivity index (χ0n) is 25.5. The summed E-state index contributed by atoms with van der Waals surface area (Å²) >= 11 is 0. The molecule has 0 saturated heterocycles. The van der Waals surface area contributed by atoms with Gasteiger partial charge in [-0.15, -0.1) is 6.58 Å². The largest absolute Gasteiger partial charge is 0.497 e. The predicted octanol–water partition coefficient (Wildman–Crippen LogP) is 7.07. The van der Waals surface area contributed by atoms with Crippen LogP contribution in [0.5, 0.6) is 5.75 Å². The summed E-state index contributed by atoms with van der Waals surface area (Å²) < 4.78 is 29.3. The number of benzene rings is 4. The molecule has 4 rings (SSSR count). The number of ether oxygens (including phenoxy) is 5. The molecular weight excluding hydrogens is 552 g/mol. The van der Waals surface area contributed by atoms with Crippen molar-refractivity contribution in [3.8, 4) is 5.75 Å². The minimum Gasteiger partial charge on any atom is -0.497 e. The molecule has 0 fully saturated rings. The molecule has 6 nitrogen and oxygen atoms in total. The molecule has 0 amide bonds. The molecule has 44 heavy (non-hydrogen) atoms. The van der Waals surface area contributed by atoms with Crippen LogP contribution in [0.4, 0.5) is 0 Å². The summed E-state index contributed by atoms with van der Waals surface area (Å²) in [6.07, 6.45) is 2.58. The lowest BCUT2D eigenvalue weighted by Crippen LogP contribution is -2.39. The summed E-state index contributed by atoms with van der Waals surface area (Å²) in [6, 6.07) is 38.0. The molecule has 1 N–H and O–H groups in total. The number of allylic oxidation sites excluding steroid dienone is 1. The Morgan fingerprint density at radius 1 is 0.795 bits per heavy atom. The maximum atomic E-state index is 11.8. The zero-order chi connectivity index (χ0) is 31.0. The molecule has 0 saturated carbocycles. The van der Waals surface area contributed by atoms with Crippen LogP contribution >= 0.6 is 0 Å². The van der Waals surface area contributed by atoms with E-state index in [4.69, 9.17) is 23.7 Å². The van der Waals surface area contributed by atoms with Gasteiger partial charge < -0.3 is 28.8 Å². The molecule has 0 bridgehead atoms. The minimum absolute atomic E-state index is 0.0112. The Bertz CT molecular complexity index is 1310. The number of rotatable bonds is 18. The molecule has 0 aliphatic carbocycles. The Labute approximate surface area is 261 Å². The molecule has 0 unspecified atom stereocenters. The van der Waals surface area contributed by atoms with Crippen LogP contribution in [0.2, 0.25) is 0 Å². The molecule has 0 spiro atoms. The van der Waals surface area contributed by atoms with Crippen molar-refractivity contribution in [2.45, 2.75) is 30.8 Å². The van der Waals surface area contributed by atoms with Gasteiger partial charge in [-0.05, 0) is 46.4 Å². The normalized spacial score (nSPS) is 13.3. The predicted molar refractivity (Wildman–Crippen MR) is 173 cm³/mol. The van der Waals surface area contributed by atoms with Crippen molar-refractivity contribution in [1.29, 1.82) is 0 Å². The van der Waals surface area contributed by atoms with Gasteiger partial charge in [0, 0.05) is 7.11 Å². The summed E-state index contributed by atoms with van der Waals surface area (Å²) in [5.41, 5.74) is 3.76. The van der Waals surface area contributed by atoms with E-state index in [9.17, 15) is 5.11 Å². The highest BCUT2D eigenvalue weighted by molar-refractivity contribution is 5.47. The highest BCUT2D eigenvalue weighted by Gasteiger charge is 2.38. The van der Waals surface area contributed by atoms with E-state index >= 15 is 0 Å². The fraction of sp³-hybridized carbons (Fsp3) is 0.263. The number of hydrogen-bond acceptors (Lipinski definition) is 6. The third-order valence-corrected chi connectivity index (χ3v) is 7.29. The van der Waals surface area contributed by atoms with E-state index in [1.807, 2.05) is 84.9 Å². The fourth-order valence-corrected chi connectivity index (χ4v) is 5.11. The van der Waals surface area contributed by atoms with E-state index in [0.29, 0.717) is 13.0 Å².